The molecule has 2 fully saturated rings. The number of rotatable bonds is 2. The highest BCUT2D eigenvalue weighted by molar-refractivity contribution is 5.35. The molecular weight excluding hydrogens is 170 g/mol. The van der Waals surface area contributed by atoms with Crippen molar-refractivity contribution in [2.24, 2.45) is 10.9 Å². The van der Waals surface area contributed by atoms with Gasteiger partial charge in [-0.15, -0.1) is 0 Å². The molecule has 0 spiro atoms. The minimum atomic E-state index is -0.470. The van der Waals surface area contributed by atoms with E-state index in [1.807, 2.05) is 13.8 Å². The Labute approximate surface area is 76.9 Å². The van der Waals surface area contributed by atoms with Crippen molar-refractivity contribution in [3.63, 3.8) is 0 Å². The quantitative estimate of drug-likeness (QED) is 0.471. The van der Waals surface area contributed by atoms with Crippen LogP contribution in [0, 0.1) is 5.92 Å². The molecule has 1 heterocycles. The lowest BCUT2D eigenvalue weighted by atomic mass is 10.2. The number of aliphatic imine (C=N–C) groups is 1. The maximum absolute atomic E-state index is 9.98. The summed E-state index contributed by atoms with van der Waals surface area (Å²) in [5, 5.41) is 0. The predicted molar refractivity (Wildman–Crippen MR) is 44.9 cm³/mol. The van der Waals surface area contributed by atoms with Gasteiger partial charge in [-0.2, -0.15) is 0 Å². The normalized spacial score (nSPS) is 41.2. The van der Waals surface area contributed by atoms with Crippen molar-refractivity contribution in [3.05, 3.63) is 0 Å². The van der Waals surface area contributed by atoms with Gasteiger partial charge in [0.15, 0.2) is 5.79 Å². The first-order valence-electron chi connectivity index (χ1n) is 4.51. The van der Waals surface area contributed by atoms with Gasteiger partial charge in [-0.05, 0) is 20.3 Å². The molecule has 0 bridgehead atoms. The van der Waals surface area contributed by atoms with Crippen molar-refractivity contribution < 1.29 is 14.3 Å². The number of nitrogens with zero attached hydrogens (tertiary/aromatic N) is 1. The Morgan fingerprint density at radius 3 is 2.85 bits per heavy atom. The summed E-state index contributed by atoms with van der Waals surface area (Å²) < 4.78 is 11.1. The highest BCUT2D eigenvalue weighted by atomic mass is 16.7. The van der Waals surface area contributed by atoms with Gasteiger partial charge in [0.2, 0.25) is 6.08 Å². The van der Waals surface area contributed by atoms with Crippen LogP contribution >= 0.6 is 0 Å². The zero-order valence-electron chi connectivity index (χ0n) is 7.82. The molecule has 72 valence electrons. The van der Waals surface area contributed by atoms with Crippen molar-refractivity contribution in [1.82, 2.24) is 0 Å². The average Bonchev–Trinajstić information content (AvgIpc) is 2.70. The second-order valence-electron chi connectivity index (χ2n) is 4.05. The molecule has 2 aliphatic rings. The van der Waals surface area contributed by atoms with Gasteiger partial charge < -0.3 is 9.47 Å². The van der Waals surface area contributed by atoms with Gasteiger partial charge >= 0.3 is 0 Å². The van der Waals surface area contributed by atoms with E-state index in [0.717, 1.165) is 6.42 Å². The molecule has 3 atom stereocenters. The molecule has 4 nitrogen and oxygen atoms in total. The van der Waals surface area contributed by atoms with Crippen LogP contribution in [0.25, 0.3) is 0 Å². The van der Waals surface area contributed by atoms with Crippen molar-refractivity contribution in [2.75, 3.05) is 6.61 Å². The topological polar surface area (TPSA) is 47.9 Å². The number of hydrogen-bond donors (Lipinski definition) is 0. The summed E-state index contributed by atoms with van der Waals surface area (Å²) in [5.41, 5.74) is 0. The Morgan fingerprint density at radius 1 is 1.54 bits per heavy atom. The van der Waals surface area contributed by atoms with E-state index in [-0.39, 0.29) is 12.1 Å². The molecule has 1 aliphatic heterocycles. The monoisotopic (exact) mass is 183 g/mol. The van der Waals surface area contributed by atoms with Crippen molar-refractivity contribution in [2.45, 2.75) is 38.2 Å². The van der Waals surface area contributed by atoms with Crippen molar-refractivity contribution in [3.8, 4) is 0 Å². The lowest BCUT2D eigenvalue weighted by Crippen LogP contribution is -2.22. The summed E-state index contributed by atoms with van der Waals surface area (Å²) in [5.74, 6) is -0.105. The molecule has 1 saturated heterocycles. The third kappa shape index (κ3) is 1.80. The van der Waals surface area contributed by atoms with E-state index in [0.29, 0.717) is 12.5 Å². The maximum atomic E-state index is 9.98. The molecular formula is C9H13NO3. The highest BCUT2D eigenvalue weighted by Gasteiger charge is 2.49. The second kappa shape index (κ2) is 2.91. The summed E-state index contributed by atoms with van der Waals surface area (Å²) in [6, 6.07) is 0.125. The van der Waals surface area contributed by atoms with E-state index in [1.165, 1.54) is 0 Å². The number of isocyanates is 1. The van der Waals surface area contributed by atoms with Gasteiger partial charge in [-0.25, -0.2) is 9.79 Å². The second-order valence-corrected chi connectivity index (χ2v) is 4.05. The zero-order chi connectivity index (χ0) is 9.47. The zero-order valence-corrected chi connectivity index (χ0v) is 7.82. The smallest absolute Gasteiger partial charge is 0.235 e. The van der Waals surface area contributed by atoms with E-state index in [2.05, 4.69) is 4.99 Å². The SMILES string of the molecule is CC1(C)OCC(C2CC2N=C=O)O1. The molecule has 4 heteroatoms. The van der Waals surface area contributed by atoms with Crippen LogP contribution in [0.4, 0.5) is 0 Å². The highest BCUT2D eigenvalue weighted by Crippen LogP contribution is 2.42. The van der Waals surface area contributed by atoms with Gasteiger partial charge in [0.1, 0.15) is 0 Å². The molecule has 0 aromatic carbocycles. The molecule has 0 aromatic heterocycles. The van der Waals surface area contributed by atoms with Crippen molar-refractivity contribution in [1.29, 1.82) is 0 Å². The number of hydrogen-bond acceptors (Lipinski definition) is 4. The van der Waals surface area contributed by atoms with E-state index in [4.69, 9.17) is 9.47 Å². The lowest BCUT2D eigenvalue weighted by Gasteiger charge is -2.16. The van der Waals surface area contributed by atoms with E-state index in [9.17, 15) is 4.79 Å². The van der Waals surface area contributed by atoms with Gasteiger partial charge in [0, 0.05) is 5.92 Å². The molecule has 0 radical (unpaired) electrons. The van der Waals surface area contributed by atoms with Crippen LogP contribution in [0.1, 0.15) is 20.3 Å². The molecule has 0 N–H and O–H groups in total. The van der Waals surface area contributed by atoms with Gasteiger partial charge in [0.05, 0.1) is 18.8 Å². The Balaban J connectivity index is 1.89. The Hall–Kier alpha value is -0.700. The number of carbonyl (C=O) groups excluding carboxylic acids is 1. The largest absolute Gasteiger partial charge is 0.348 e. The van der Waals surface area contributed by atoms with Crippen LogP contribution in [0.3, 0.4) is 0 Å². The summed E-state index contributed by atoms with van der Waals surface area (Å²) in [4.78, 5) is 13.6. The average molecular weight is 183 g/mol. The maximum Gasteiger partial charge on any atom is 0.235 e. The van der Waals surface area contributed by atoms with Crippen LogP contribution in [0.15, 0.2) is 4.99 Å². The van der Waals surface area contributed by atoms with Crippen LogP contribution in [-0.2, 0) is 14.3 Å². The fourth-order valence-electron chi connectivity index (χ4n) is 1.74. The van der Waals surface area contributed by atoms with Crippen LogP contribution in [0.2, 0.25) is 0 Å². The molecule has 1 saturated carbocycles. The minimum Gasteiger partial charge on any atom is -0.348 e. The summed E-state index contributed by atoms with van der Waals surface area (Å²) >= 11 is 0. The van der Waals surface area contributed by atoms with Crippen molar-refractivity contribution >= 4 is 6.08 Å². The molecule has 0 aromatic rings. The predicted octanol–water partition coefficient (Wildman–Crippen LogP) is 0.862. The van der Waals surface area contributed by atoms with Gasteiger partial charge in [0.25, 0.3) is 0 Å². The first kappa shape index (κ1) is 8.88. The van der Waals surface area contributed by atoms with E-state index < -0.39 is 5.79 Å². The molecule has 2 rings (SSSR count). The molecule has 13 heavy (non-hydrogen) atoms. The minimum absolute atomic E-state index is 0.108. The first-order valence-corrected chi connectivity index (χ1v) is 4.51. The van der Waals surface area contributed by atoms with Crippen LogP contribution in [0.5, 0.6) is 0 Å². The van der Waals surface area contributed by atoms with Gasteiger partial charge in [-0.1, -0.05) is 0 Å². The third-order valence-corrected chi connectivity index (χ3v) is 2.53. The Morgan fingerprint density at radius 2 is 2.31 bits per heavy atom. The third-order valence-electron chi connectivity index (χ3n) is 2.53. The Bertz CT molecular complexity index is 258. The summed E-state index contributed by atoms with van der Waals surface area (Å²) in [7, 11) is 0. The summed E-state index contributed by atoms with van der Waals surface area (Å²) in [6.07, 6.45) is 2.62. The van der Waals surface area contributed by atoms with Crippen LogP contribution < -0.4 is 0 Å². The van der Waals surface area contributed by atoms with E-state index >= 15 is 0 Å². The molecule has 0 amide bonds. The van der Waals surface area contributed by atoms with E-state index in [1.54, 1.807) is 6.08 Å². The summed E-state index contributed by atoms with van der Waals surface area (Å²) in [6.45, 7) is 4.41. The van der Waals surface area contributed by atoms with Gasteiger partial charge in [-0.3, -0.25) is 0 Å². The lowest BCUT2D eigenvalue weighted by molar-refractivity contribution is -0.140. The Kier molecular flexibility index (Phi) is 1.99. The first-order chi connectivity index (χ1) is 6.12. The fourth-order valence-corrected chi connectivity index (χ4v) is 1.74. The molecule has 1 aliphatic carbocycles. The number of ether oxygens (including phenoxy) is 2. The fraction of sp³-hybridized carbons (Fsp3) is 0.889. The van der Waals surface area contributed by atoms with Crippen LogP contribution in [-0.4, -0.2) is 30.6 Å². The molecule has 3 unspecified atom stereocenters. The standard InChI is InChI=1S/C9H13NO3/c1-9(2)12-4-8(13-9)6-3-7(6)10-5-11/h6-8H,3-4H2,1-2H3.